The fourth-order valence-electron chi connectivity index (χ4n) is 1.90. The average Bonchev–Trinajstić information content (AvgIpc) is 2.29. The number of nitrogens with two attached hydrogens (primary N) is 1. The molecule has 0 radical (unpaired) electrons. The average molecular weight is 271 g/mol. The normalized spacial score (nSPS) is 13.9. The number of nitrogens with zero attached hydrogens (tertiary/aromatic N) is 2. The van der Waals surface area contributed by atoms with Crippen LogP contribution in [-0.2, 0) is 0 Å². The lowest BCUT2D eigenvalue weighted by molar-refractivity contribution is 0.139. The van der Waals surface area contributed by atoms with Crippen molar-refractivity contribution < 1.29 is 0 Å². The van der Waals surface area contributed by atoms with Crippen LogP contribution in [-0.4, -0.2) is 36.1 Å². The maximum absolute atomic E-state index is 6.03. The Morgan fingerprint density at radius 2 is 2.11 bits per heavy atom. The van der Waals surface area contributed by atoms with Gasteiger partial charge in [-0.1, -0.05) is 18.5 Å². The van der Waals surface area contributed by atoms with Gasteiger partial charge in [0.25, 0.3) is 0 Å². The Labute approximate surface area is 115 Å². The Kier molecular flexibility index (Phi) is 4.96. The van der Waals surface area contributed by atoms with E-state index in [1.807, 2.05) is 6.07 Å². The van der Waals surface area contributed by atoms with Gasteiger partial charge in [-0.3, -0.25) is 0 Å². The summed E-state index contributed by atoms with van der Waals surface area (Å²) >= 11 is 6.03. The number of aromatic nitrogens is 1. The first kappa shape index (κ1) is 15.2. The van der Waals surface area contributed by atoms with E-state index in [4.69, 9.17) is 17.3 Å². The molecule has 0 bridgehead atoms. The van der Waals surface area contributed by atoms with Gasteiger partial charge in [-0.2, -0.15) is 0 Å². The van der Waals surface area contributed by atoms with E-state index >= 15 is 0 Å². The molecule has 0 amide bonds. The molecule has 102 valence electrons. The van der Waals surface area contributed by atoms with Crippen molar-refractivity contribution >= 4 is 17.4 Å². The number of anilines is 1. The number of hydrogen-bond acceptors (Lipinski definition) is 4. The maximum Gasteiger partial charge on any atom is 0.128 e. The van der Waals surface area contributed by atoms with Crippen LogP contribution >= 0.6 is 11.6 Å². The van der Waals surface area contributed by atoms with E-state index in [-0.39, 0.29) is 11.6 Å². The van der Waals surface area contributed by atoms with E-state index in [1.54, 1.807) is 6.20 Å². The minimum absolute atomic E-state index is 0.0729. The first-order valence-corrected chi connectivity index (χ1v) is 6.50. The van der Waals surface area contributed by atoms with Crippen LogP contribution in [0.4, 0.5) is 5.82 Å². The number of likely N-dealkylation sites (N-methyl/N-ethyl adjacent to an activating group) is 2. The summed E-state index contributed by atoms with van der Waals surface area (Å²) in [6.45, 7) is 7.27. The quantitative estimate of drug-likeness (QED) is 0.862. The van der Waals surface area contributed by atoms with Crippen LogP contribution in [0.15, 0.2) is 12.3 Å². The molecule has 1 rings (SSSR count). The molecule has 0 fully saturated rings. The monoisotopic (exact) mass is 270 g/mol. The molecular weight excluding hydrogens is 248 g/mol. The van der Waals surface area contributed by atoms with Crippen LogP contribution < -0.4 is 11.1 Å². The topological polar surface area (TPSA) is 54.2 Å². The van der Waals surface area contributed by atoms with Crippen molar-refractivity contribution in [1.29, 1.82) is 0 Å². The fourth-order valence-corrected chi connectivity index (χ4v) is 2.07. The zero-order valence-corrected chi connectivity index (χ0v) is 12.5. The molecule has 0 saturated carbocycles. The van der Waals surface area contributed by atoms with Crippen LogP contribution in [0.3, 0.4) is 0 Å². The van der Waals surface area contributed by atoms with Crippen LogP contribution in [0.5, 0.6) is 0 Å². The second-order valence-corrected chi connectivity index (χ2v) is 5.60. The van der Waals surface area contributed by atoms with Crippen molar-refractivity contribution in [3.05, 3.63) is 22.8 Å². The van der Waals surface area contributed by atoms with Crippen LogP contribution in [0.25, 0.3) is 0 Å². The fraction of sp³-hybridized carbons (Fsp3) is 0.615. The standard InChI is InChI=1S/C13H23ClN4/c1-6-16-11(13(2,3)18(4)5)10-7-9(14)8-17-12(10)15/h7-8,11,16H,6H2,1-5H3,(H2,15,17). The lowest BCUT2D eigenvalue weighted by atomic mass is 9.87. The van der Waals surface area contributed by atoms with Gasteiger partial charge < -0.3 is 16.0 Å². The molecule has 1 unspecified atom stereocenters. The maximum atomic E-state index is 6.03. The molecule has 4 nitrogen and oxygen atoms in total. The van der Waals surface area contributed by atoms with Crippen molar-refractivity contribution in [3.8, 4) is 0 Å². The molecule has 0 aromatic carbocycles. The number of rotatable bonds is 5. The summed E-state index contributed by atoms with van der Waals surface area (Å²) in [6, 6.07) is 1.96. The first-order chi connectivity index (χ1) is 8.30. The SMILES string of the molecule is CCNC(c1cc(Cl)cnc1N)C(C)(C)N(C)C. The van der Waals surface area contributed by atoms with E-state index in [2.05, 4.69) is 50.1 Å². The second kappa shape index (κ2) is 5.87. The Hall–Kier alpha value is -0.840. The van der Waals surface area contributed by atoms with Crippen LogP contribution in [0.2, 0.25) is 5.02 Å². The van der Waals surface area contributed by atoms with Gasteiger partial charge in [0.05, 0.1) is 11.1 Å². The number of hydrogen-bond donors (Lipinski definition) is 2. The summed E-state index contributed by atoms with van der Waals surface area (Å²) in [4.78, 5) is 6.31. The summed E-state index contributed by atoms with van der Waals surface area (Å²) in [7, 11) is 4.11. The molecule has 0 aliphatic heterocycles. The largest absolute Gasteiger partial charge is 0.383 e. The zero-order valence-electron chi connectivity index (χ0n) is 11.8. The molecule has 1 aromatic rings. The zero-order chi connectivity index (χ0) is 13.9. The molecule has 0 aliphatic carbocycles. The van der Waals surface area contributed by atoms with Crippen LogP contribution in [0.1, 0.15) is 32.4 Å². The molecule has 0 spiro atoms. The van der Waals surface area contributed by atoms with E-state index in [0.717, 1.165) is 12.1 Å². The predicted molar refractivity (Wildman–Crippen MR) is 77.8 cm³/mol. The molecule has 1 atom stereocenters. The molecule has 1 heterocycles. The van der Waals surface area contributed by atoms with Crippen molar-refractivity contribution in [2.24, 2.45) is 0 Å². The second-order valence-electron chi connectivity index (χ2n) is 5.17. The Balaban J connectivity index is 3.23. The minimum Gasteiger partial charge on any atom is -0.383 e. The van der Waals surface area contributed by atoms with Crippen molar-refractivity contribution in [2.75, 3.05) is 26.4 Å². The van der Waals surface area contributed by atoms with Gasteiger partial charge in [0.1, 0.15) is 5.82 Å². The van der Waals surface area contributed by atoms with Gasteiger partial charge in [-0.25, -0.2) is 4.98 Å². The predicted octanol–water partition coefficient (Wildman–Crippen LogP) is 2.31. The van der Waals surface area contributed by atoms with E-state index in [1.165, 1.54) is 0 Å². The summed E-state index contributed by atoms with van der Waals surface area (Å²) in [6.07, 6.45) is 1.58. The van der Waals surface area contributed by atoms with Gasteiger partial charge >= 0.3 is 0 Å². The van der Waals surface area contributed by atoms with Gasteiger partial charge in [0, 0.05) is 17.3 Å². The summed E-state index contributed by atoms with van der Waals surface area (Å²) in [5, 5.41) is 4.08. The van der Waals surface area contributed by atoms with E-state index in [9.17, 15) is 0 Å². The lowest BCUT2D eigenvalue weighted by Crippen LogP contribution is -2.49. The smallest absolute Gasteiger partial charge is 0.128 e. The summed E-state index contributed by atoms with van der Waals surface area (Å²) in [5.74, 6) is 0.528. The van der Waals surface area contributed by atoms with Crippen molar-refractivity contribution in [3.63, 3.8) is 0 Å². The highest BCUT2D eigenvalue weighted by Gasteiger charge is 2.33. The third-order valence-electron chi connectivity index (χ3n) is 3.49. The number of halogens is 1. The summed E-state index contributed by atoms with van der Waals surface area (Å²) in [5.41, 5.74) is 6.84. The van der Waals surface area contributed by atoms with E-state index < -0.39 is 0 Å². The molecule has 5 heteroatoms. The van der Waals surface area contributed by atoms with Crippen molar-refractivity contribution in [2.45, 2.75) is 32.4 Å². The Morgan fingerprint density at radius 3 is 2.61 bits per heavy atom. The number of pyridine rings is 1. The lowest BCUT2D eigenvalue weighted by Gasteiger charge is -2.41. The van der Waals surface area contributed by atoms with Crippen molar-refractivity contribution in [1.82, 2.24) is 15.2 Å². The van der Waals surface area contributed by atoms with Gasteiger partial charge in [0.2, 0.25) is 0 Å². The highest BCUT2D eigenvalue weighted by molar-refractivity contribution is 6.30. The first-order valence-electron chi connectivity index (χ1n) is 6.12. The molecule has 0 aliphatic rings. The Morgan fingerprint density at radius 1 is 1.50 bits per heavy atom. The van der Waals surface area contributed by atoms with E-state index in [0.29, 0.717) is 10.8 Å². The molecule has 0 saturated heterocycles. The summed E-state index contributed by atoms with van der Waals surface area (Å²) < 4.78 is 0. The Bertz CT molecular complexity index is 404. The highest BCUT2D eigenvalue weighted by Crippen LogP contribution is 2.33. The van der Waals surface area contributed by atoms with Crippen LogP contribution in [0, 0.1) is 0 Å². The minimum atomic E-state index is -0.101. The number of nitrogen functional groups attached to an aromatic ring is 1. The van der Waals surface area contributed by atoms with Gasteiger partial charge in [-0.05, 0) is 40.6 Å². The highest BCUT2D eigenvalue weighted by atomic mass is 35.5. The molecule has 1 aromatic heterocycles. The molecule has 18 heavy (non-hydrogen) atoms. The number of nitrogens with one attached hydrogen (secondary N) is 1. The third-order valence-corrected chi connectivity index (χ3v) is 3.70. The van der Waals surface area contributed by atoms with Gasteiger partial charge in [0.15, 0.2) is 0 Å². The van der Waals surface area contributed by atoms with Gasteiger partial charge in [-0.15, -0.1) is 0 Å². The third kappa shape index (κ3) is 3.13. The molecule has 3 N–H and O–H groups in total. The molecular formula is C13H23ClN4.